The minimum Gasteiger partial charge on any atom is -0.399 e. The normalized spacial score (nSPS) is 16.6. The lowest BCUT2D eigenvalue weighted by atomic mass is 10.1. The van der Waals surface area contributed by atoms with Crippen LogP contribution in [-0.4, -0.2) is 5.91 Å². The Balaban J connectivity index is 1.81. The zero-order valence-corrected chi connectivity index (χ0v) is 12.0. The highest BCUT2D eigenvalue weighted by Crippen LogP contribution is 2.32. The summed E-state index contributed by atoms with van der Waals surface area (Å²) in [6, 6.07) is 9.58. The van der Waals surface area contributed by atoms with E-state index in [2.05, 4.69) is 5.32 Å². The van der Waals surface area contributed by atoms with Gasteiger partial charge >= 0.3 is 0 Å². The quantitative estimate of drug-likeness (QED) is 0.835. The molecule has 3 nitrogen and oxygen atoms in total. The lowest BCUT2D eigenvalue weighted by molar-refractivity contribution is 0.0932. The largest absolute Gasteiger partial charge is 0.399 e. The summed E-state index contributed by atoms with van der Waals surface area (Å²) in [5.41, 5.74) is 8.65. The van der Waals surface area contributed by atoms with Crippen LogP contribution in [0.25, 0.3) is 0 Å². The summed E-state index contributed by atoms with van der Waals surface area (Å²) in [7, 11) is 0. The molecule has 21 heavy (non-hydrogen) atoms. The Morgan fingerprint density at radius 3 is 2.86 bits per heavy atom. The fourth-order valence-electron chi connectivity index (χ4n) is 2.70. The number of anilines is 1. The van der Waals surface area contributed by atoms with Crippen molar-refractivity contribution in [3.63, 3.8) is 0 Å². The Morgan fingerprint density at radius 2 is 2.10 bits per heavy atom. The molecule has 3 N–H and O–H groups in total. The smallest absolute Gasteiger partial charge is 0.254 e. The van der Waals surface area contributed by atoms with E-state index in [4.69, 9.17) is 17.3 Å². The van der Waals surface area contributed by atoms with Gasteiger partial charge in [0.1, 0.15) is 5.82 Å². The van der Waals surface area contributed by atoms with Crippen LogP contribution < -0.4 is 11.1 Å². The number of benzene rings is 2. The second kappa shape index (κ2) is 5.37. The molecule has 3 rings (SSSR count). The molecule has 0 aliphatic heterocycles. The van der Waals surface area contributed by atoms with E-state index in [0.29, 0.717) is 5.69 Å². The van der Waals surface area contributed by atoms with Crippen molar-refractivity contribution < 1.29 is 9.18 Å². The molecular weight excluding hydrogens is 291 g/mol. The van der Waals surface area contributed by atoms with E-state index in [9.17, 15) is 9.18 Å². The molecular formula is C16H14ClFN2O. The lowest BCUT2D eigenvalue weighted by Gasteiger charge is -2.14. The molecule has 1 amide bonds. The summed E-state index contributed by atoms with van der Waals surface area (Å²) in [5, 5.41) is 3.14. The van der Waals surface area contributed by atoms with Crippen molar-refractivity contribution in [3.8, 4) is 0 Å². The van der Waals surface area contributed by atoms with E-state index in [1.54, 1.807) is 0 Å². The predicted octanol–water partition coefficient (Wildman–Crippen LogP) is 3.48. The lowest BCUT2D eigenvalue weighted by Crippen LogP contribution is -2.27. The van der Waals surface area contributed by atoms with Crippen molar-refractivity contribution in [3.05, 3.63) is 63.9 Å². The first-order valence-corrected chi connectivity index (χ1v) is 7.06. The molecule has 1 aliphatic rings. The van der Waals surface area contributed by atoms with Gasteiger partial charge in [0.05, 0.1) is 11.6 Å². The number of rotatable bonds is 2. The summed E-state index contributed by atoms with van der Waals surface area (Å²) in [5.74, 6) is -1.05. The highest BCUT2D eigenvalue weighted by atomic mass is 35.5. The molecule has 1 aliphatic carbocycles. The second-order valence-electron chi connectivity index (χ2n) is 5.15. The van der Waals surface area contributed by atoms with Crippen LogP contribution in [0.3, 0.4) is 0 Å². The van der Waals surface area contributed by atoms with Crippen molar-refractivity contribution >= 4 is 23.2 Å². The van der Waals surface area contributed by atoms with Gasteiger partial charge in [0.15, 0.2) is 0 Å². The number of nitrogens with one attached hydrogen (secondary N) is 1. The first kappa shape index (κ1) is 13.9. The van der Waals surface area contributed by atoms with Gasteiger partial charge in [-0.25, -0.2) is 4.39 Å². The number of nitrogens with two attached hydrogens (primary N) is 1. The molecule has 108 valence electrons. The van der Waals surface area contributed by atoms with Gasteiger partial charge in [-0.1, -0.05) is 17.7 Å². The van der Waals surface area contributed by atoms with Gasteiger partial charge in [-0.05, 0) is 54.3 Å². The van der Waals surface area contributed by atoms with Gasteiger partial charge < -0.3 is 11.1 Å². The van der Waals surface area contributed by atoms with Crippen molar-refractivity contribution in [2.24, 2.45) is 0 Å². The van der Waals surface area contributed by atoms with E-state index < -0.39 is 11.7 Å². The molecule has 1 atom stereocenters. The number of aryl methyl sites for hydroxylation is 1. The molecule has 0 bridgehead atoms. The van der Waals surface area contributed by atoms with Gasteiger partial charge in [0.2, 0.25) is 0 Å². The third kappa shape index (κ3) is 2.72. The molecule has 0 fully saturated rings. The minimum absolute atomic E-state index is 0.00305. The third-order valence-corrected chi connectivity index (χ3v) is 3.96. The first-order valence-electron chi connectivity index (χ1n) is 6.69. The average Bonchev–Trinajstić information content (AvgIpc) is 2.80. The fraction of sp³-hybridized carbons (Fsp3) is 0.188. The summed E-state index contributed by atoms with van der Waals surface area (Å²) in [6.07, 6.45) is 1.65. The molecule has 0 radical (unpaired) electrons. The van der Waals surface area contributed by atoms with Crippen molar-refractivity contribution in [2.75, 3.05) is 5.73 Å². The zero-order valence-electron chi connectivity index (χ0n) is 11.2. The van der Waals surface area contributed by atoms with Crippen LogP contribution in [0.4, 0.5) is 10.1 Å². The van der Waals surface area contributed by atoms with Gasteiger partial charge in [-0.2, -0.15) is 0 Å². The van der Waals surface area contributed by atoms with Crippen LogP contribution in [0, 0.1) is 5.82 Å². The molecule has 2 aromatic rings. The zero-order chi connectivity index (χ0) is 15.0. The SMILES string of the molecule is Nc1ccc2c(c1)CCC2NC(=O)c1ccc(Cl)cc1F. The topological polar surface area (TPSA) is 55.1 Å². The van der Waals surface area contributed by atoms with E-state index in [1.807, 2.05) is 18.2 Å². The fourth-order valence-corrected chi connectivity index (χ4v) is 2.86. The van der Waals surface area contributed by atoms with Crippen LogP contribution in [0.15, 0.2) is 36.4 Å². The van der Waals surface area contributed by atoms with Crippen molar-refractivity contribution in [1.82, 2.24) is 5.32 Å². The molecule has 0 heterocycles. The number of halogens is 2. The van der Waals surface area contributed by atoms with Gasteiger partial charge in [0.25, 0.3) is 5.91 Å². The highest BCUT2D eigenvalue weighted by molar-refractivity contribution is 6.30. The monoisotopic (exact) mass is 304 g/mol. The van der Waals surface area contributed by atoms with E-state index in [1.165, 1.54) is 12.1 Å². The molecule has 0 saturated heterocycles. The Morgan fingerprint density at radius 1 is 1.29 bits per heavy atom. The maximum absolute atomic E-state index is 13.8. The number of fused-ring (bicyclic) bond motifs is 1. The Kier molecular flexibility index (Phi) is 3.55. The van der Waals surface area contributed by atoms with Crippen LogP contribution in [0.1, 0.15) is 33.9 Å². The third-order valence-electron chi connectivity index (χ3n) is 3.73. The first-order chi connectivity index (χ1) is 10.0. The van der Waals surface area contributed by atoms with Gasteiger partial charge in [0, 0.05) is 10.7 Å². The van der Waals surface area contributed by atoms with Crippen molar-refractivity contribution in [1.29, 1.82) is 0 Å². The Labute approximate surface area is 126 Å². The average molecular weight is 305 g/mol. The van der Waals surface area contributed by atoms with E-state index in [0.717, 1.165) is 30.0 Å². The minimum atomic E-state index is -0.615. The number of hydrogen-bond donors (Lipinski definition) is 2. The molecule has 5 heteroatoms. The number of nitrogen functional groups attached to an aromatic ring is 1. The highest BCUT2D eigenvalue weighted by Gasteiger charge is 2.25. The molecule has 2 aromatic carbocycles. The second-order valence-corrected chi connectivity index (χ2v) is 5.58. The standard InChI is InChI=1S/C16H14ClFN2O/c17-10-2-4-13(14(18)8-10)16(21)20-15-6-1-9-7-11(19)3-5-12(9)15/h2-5,7-8,15H,1,6,19H2,(H,20,21). The van der Waals surface area contributed by atoms with E-state index >= 15 is 0 Å². The predicted molar refractivity (Wildman–Crippen MR) is 80.8 cm³/mol. The molecule has 0 saturated carbocycles. The van der Waals surface area contributed by atoms with Crippen LogP contribution in [0.5, 0.6) is 0 Å². The Bertz CT molecular complexity index is 717. The maximum Gasteiger partial charge on any atom is 0.254 e. The summed E-state index contributed by atoms with van der Waals surface area (Å²) < 4.78 is 13.8. The molecule has 0 spiro atoms. The number of hydrogen-bond acceptors (Lipinski definition) is 2. The van der Waals surface area contributed by atoms with E-state index in [-0.39, 0.29) is 16.6 Å². The molecule has 1 unspecified atom stereocenters. The van der Waals surface area contributed by atoms with Crippen LogP contribution in [0.2, 0.25) is 5.02 Å². The number of amides is 1. The molecule has 0 aromatic heterocycles. The van der Waals surface area contributed by atoms with Gasteiger partial charge in [-0.3, -0.25) is 4.79 Å². The van der Waals surface area contributed by atoms with Crippen molar-refractivity contribution in [2.45, 2.75) is 18.9 Å². The van der Waals surface area contributed by atoms with Gasteiger partial charge in [-0.15, -0.1) is 0 Å². The summed E-state index contributed by atoms with van der Waals surface area (Å²) >= 11 is 5.69. The summed E-state index contributed by atoms with van der Waals surface area (Å²) in [4.78, 5) is 12.2. The maximum atomic E-state index is 13.8. The van der Waals surface area contributed by atoms with Crippen LogP contribution in [-0.2, 0) is 6.42 Å². The Hall–Kier alpha value is -2.07. The number of carbonyl (C=O) groups excluding carboxylic acids is 1. The number of carbonyl (C=O) groups is 1. The van der Waals surface area contributed by atoms with Crippen LogP contribution >= 0.6 is 11.6 Å². The summed E-state index contributed by atoms with van der Waals surface area (Å²) in [6.45, 7) is 0.